The molecule has 8 nitrogen and oxygen atoms in total. The molecule has 8 heteroatoms. The van der Waals surface area contributed by atoms with Gasteiger partial charge in [-0.3, -0.25) is 4.79 Å². The van der Waals surface area contributed by atoms with Crippen LogP contribution in [-0.4, -0.2) is 60.2 Å². The van der Waals surface area contributed by atoms with Gasteiger partial charge in [-0.25, -0.2) is 4.79 Å². The SMILES string of the molecule is CCCN(CC(=O)N1CCn2cccc2[C@H]1c1ccccc1OC)C(=O)Nc1ccc(OC)cc1. The van der Waals surface area contributed by atoms with Gasteiger partial charge < -0.3 is 29.2 Å². The normalized spacial score (nSPS) is 14.7. The molecule has 35 heavy (non-hydrogen) atoms. The van der Waals surface area contributed by atoms with E-state index in [2.05, 4.69) is 9.88 Å². The van der Waals surface area contributed by atoms with Gasteiger partial charge in [0.2, 0.25) is 5.91 Å². The monoisotopic (exact) mass is 476 g/mol. The fourth-order valence-corrected chi connectivity index (χ4v) is 4.52. The summed E-state index contributed by atoms with van der Waals surface area (Å²) in [6.45, 7) is 3.69. The predicted molar refractivity (Wildman–Crippen MR) is 135 cm³/mol. The van der Waals surface area contributed by atoms with Crippen LogP contribution < -0.4 is 14.8 Å². The first-order valence-corrected chi connectivity index (χ1v) is 11.8. The number of carbonyl (C=O) groups excluding carboxylic acids is 2. The highest BCUT2D eigenvalue weighted by atomic mass is 16.5. The minimum absolute atomic E-state index is 0.0117. The Bertz CT molecular complexity index is 1160. The summed E-state index contributed by atoms with van der Waals surface area (Å²) in [6.07, 6.45) is 2.77. The second-order valence-corrected chi connectivity index (χ2v) is 8.44. The van der Waals surface area contributed by atoms with Crippen molar-refractivity contribution in [3.8, 4) is 11.5 Å². The van der Waals surface area contributed by atoms with Crippen LogP contribution in [0.1, 0.15) is 30.6 Å². The highest BCUT2D eigenvalue weighted by molar-refractivity contribution is 5.92. The van der Waals surface area contributed by atoms with Gasteiger partial charge in [-0.2, -0.15) is 0 Å². The maximum Gasteiger partial charge on any atom is 0.322 e. The van der Waals surface area contributed by atoms with E-state index in [0.29, 0.717) is 31.1 Å². The molecule has 0 bridgehead atoms. The van der Waals surface area contributed by atoms with E-state index < -0.39 is 0 Å². The van der Waals surface area contributed by atoms with Crippen LogP contribution in [-0.2, 0) is 11.3 Å². The molecule has 2 heterocycles. The summed E-state index contributed by atoms with van der Waals surface area (Å²) in [7, 11) is 3.23. The molecule has 0 radical (unpaired) electrons. The lowest BCUT2D eigenvalue weighted by atomic mass is 9.98. The highest BCUT2D eigenvalue weighted by Crippen LogP contribution is 2.37. The molecule has 1 atom stereocenters. The largest absolute Gasteiger partial charge is 0.497 e. The predicted octanol–water partition coefficient (Wildman–Crippen LogP) is 4.38. The third-order valence-electron chi connectivity index (χ3n) is 6.24. The Labute approximate surface area is 206 Å². The number of hydrogen-bond donors (Lipinski definition) is 1. The molecule has 3 amide bonds. The number of nitrogens with one attached hydrogen (secondary N) is 1. The van der Waals surface area contributed by atoms with E-state index in [1.165, 1.54) is 0 Å². The maximum atomic E-state index is 13.7. The minimum atomic E-state index is -0.306. The fraction of sp³-hybridized carbons (Fsp3) is 0.333. The lowest BCUT2D eigenvalue weighted by Gasteiger charge is -2.38. The summed E-state index contributed by atoms with van der Waals surface area (Å²) in [5, 5.41) is 2.90. The fourth-order valence-electron chi connectivity index (χ4n) is 4.52. The lowest BCUT2D eigenvalue weighted by molar-refractivity contribution is -0.134. The molecule has 4 rings (SSSR count). The van der Waals surface area contributed by atoms with Crippen molar-refractivity contribution < 1.29 is 19.1 Å². The highest BCUT2D eigenvalue weighted by Gasteiger charge is 2.34. The summed E-state index contributed by atoms with van der Waals surface area (Å²) < 4.78 is 13.0. The third kappa shape index (κ3) is 5.26. The first-order chi connectivity index (χ1) is 17.0. The van der Waals surface area contributed by atoms with E-state index in [4.69, 9.17) is 9.47 Å². The Balaban J connectivity index is 1.56. The summed E-state index contributed by atoms with van der Waals surface area (Å²) in [4.78, 5) is 30.2. The van der Waals surface area contributed by atoms with E-state index in [-0.39, 0.29) is 24.5 Å². The van der Waals surface area contributed by atoms with Gasteiger partial charge in [-0.05, 0) is 48.9 Å². The Kier molecular flexibility index (Phi) is 7.60. The molecule has 0 fully saturated rings. The molecule has 0 saturated carbocycles. The molecule has 0 unspecified atom stereocenters. The number of carbonyl (C=O) groups is 2. The molecule has 1 aliphatic rings. The van der Waals surface area contributed by atoms with Crippen molar-refractivity contribution in [3.05, 3.63) is 78.1 Å². The maximum absolute atomic E-state index is 13.7. The summed E-state index contributed by atoms with van der Waals surface area (Å²) >= 11 is 0. The molecular weight excluding hydrogens is 444 g/mol. The first-order valence-electron chi connectivity index (χ1n) is 11.8. The number of methoxy groups -OCH3 is 2. The van der Waals surface area contributed by atoms with Gasteiger partial charge in [0.1, 0.15) is 24.1 Å². The van der Waals surface area contributed by atoms with Gasteiger partial charge in [0.05, 0.1) is 14.2 Å². The zero-order valence-corrected chi connectivity index (χ0v) is 20.4. The molecule has 1 aromatic heterocycles. The molecule has 0 saturated heterocycles. The molecular formula is C27H32N4O4. The number of hydrogen-bond acceptors (Lipinski definition) is 4. The number of fused-ring (bicyclic) bond motifs is 1. The number of aromatic nitrogens is 1. The van der Waals surface area contributed by atoms with E-state index in [0.717, 1.165) is 23.4 Å². The number of para-hydroxylation sites is 1. The molecule has 0 spiro atoms. The molecule has 3 aromatic rings. The average molecular weight is 477 g/mol. The average Bonchev–Trinajstić information content (AvgIpc) is 3.37. The number of benzene rings is 2. The molecule has 1 aliphatic heterocycles. The number of urea groups is 1. The third-order valence-corrected chi connectivity index (χ3v) is 6.24. The van der Waals surface area contributed by atoms with Crippen molar-refractivity contribution in [2.24, 2.45) is 0 Å². The first kappa shape index (κ1) is 24.2. The summed E-state index contributed by atoms with van der Waals surface area (Å²) in [5.41, 5.74) is 2.60. The second-order valence-electron chi connectivity index (χ2n) is 8.44. The Morgan fingerprint density at radius 3 is 2.49 bits per heavy atom. The van der Waals surface area contributed by atoms with Gasteiger partial charge in [0.25, 0.3) is 0 Å². The van der Waals surface area contributed by atoms with Gasteiger partial charge in [-0.1, -0.05) is 25.1 Å². The van der Waals surface area contributed by atoms with Gasteiger partial charge in [0, 0.05) is 42.8 Å². The van der Waals surface area contributed by atoms with E-state index in [1.807, 2.05) is 54.4 Å². The number of amides is 3. The number of rotatable bonds is 8. The molecule has 2 aromatic carbocycles. The molecule has 0 aliphatic carbocycles. The van der Waals surface area contributed by atoms with Crippen molar-refractivity contribution in [3.63, 3.8) is 0 Å². The van der Waals surface area contributed by atoms with E-state index in [1.54, 1.807) is 43.4 Å². The quantitative estimate of drug-likeness (QED) is 0.524. The van der Waals surface area contributed by atoms with Crippen molar-refractivity contribution in [1.82, 2.24) is 14.4 Å². The van der Waals surface area contributed by atoms with Crippen LogP contribution in [0.3, 0.4) is 0 Å². The van der Waals surface area contributed by atoms with Crippen LogP contribution in [0.4, 0.5) is 10.5 Å². The van der Waals surface area contributed by atoms with Gasteiger partial charge in [-0.15, -0.1) is 0 Å². The number of ether oxygens (including phenoxy) is 2. The van der Waals surface area contributed by atoms with E-state index in [9.17, 15) is 9.59 Å². The van der Waals surface area contributed by atoms with Crippen LogP contribution in [0.5, 0.6) is 11.5 Å². The Morgan fingerprint density at radius 2 is 1.77 bits per heavy atom. The minimum Gasteiger partial charge on any atom is -0.497 e. The van der Waals surface area contributed by atoms with Crippen LogP contribution in [0, 0.1) is 0 Å². The zero-order valence-electron chi connectivity index (χ0n) is 20.4. The Morgan fingerprint density at radius 1 is 1.00 bits per heavy atom. The Hall–Kier alpha value is -3.94. The van der Waals surface area contributed by atoms with Crippen molar-refractivity contribution in [2.75, 3.05) is 39.2 Å². The van der Waals surface area contributed by atoms with Crippen LogP contribution in [0.2, 0.25) is 0 Å². The van der Waals surface area contributed by atoms with Crippen molar-refractivity contribution >= 4 is 17.6 Å². The van der Waals surface area contributed by atoms with Gasteiger partial charge in [0.15, 0.2) is 0 Å². The standard InChI is InChI=1S/C27H32N4O4/c1-4-15-30(27(33)28-20-11-13-21(34-2)14-12-20)19-25(32)31-18-17-29-16-7-9-23(29)26(31)22-8-5-6-10-24(22)35-3/h5-14,16,26H,4,15,17-19H2,1-3H3,(H,28,33)/t26-/m1/s1. The topological polar surface area (TPSA) is 76.0 Å². The van der Waals surface area contributed by atoms with Crippen molar-refractivity contribution in [2.45, 2.75) is 25.9 Å². The summed E-state index contributed by atoms with van der Waals surface area (Å²) in [5.74, 6) is 1.33. The van der Waals surface area contributed by atoms with Crippen LogP contribution >= 0.6 is 0 Å². The molecule has 184 valence electrons. The smallest absolute Gasteiger partial charge is 0.322 e. The zero-order chi connectivity index (χ0) is 24.8. The summed E-state index contributed by atoms with van der Waals surface area (Å²) in [6, 6.07) is 18.3. The number of anilines is 1. The van der Waals surface area contributed by atoms with E-state index >= 15 is 0 Å². The van der Waals surface area contributed by atoms with Crippen LogP contribution in [0.25, 0.3) is 0 Å². The van der Waals surface area contributed by atoms with Crippen LogP contribution in [0.15, 0.2) is 66.9 Å². The van der Waals surface area contributed by atoms with Gasteiger partial charge >= 0.3 is 6.03 Å². The second kappa shape index (κ2) is 11.0. The lowest BCUT2D eigenvalue weighted by Crippen LogP contribution is -2.49. The molecule has 1 N–H and O–H groups in total. The number of nitrogens with zero attached hydrogens (tertiary/aromatic N) is 3. The van der Waals surface area contributed by atoms with Crippen molar-refractivity contribution in [1.29, 1.82) is 0 Å².